The number of carbonyl (C=O) groups is 2. The van der Waals surface area contributed by atoms with Crippen LogP contribution in [0.25, 0.3) is 0 Å². The third-order valence-corrected chi connectivity index (χ3v) is 7.28. The average Bonchev–Trinajstić information content (AvgIpc) is 2.98. The molecule has 2 heterocycles. The summed E-state index contributed by atoms with van der Waals surface area (Å²) in [6.07, 6.45) is -0.325. The Hall–Kier alpha value is -2.18. The zero-order valence-electron chi connectivity index (χ0n) is 13.4. The third kappa shape index (κ3) is 3.60. The van der Waals surface area contributed by atoms with Gasteiger partial charge in [-0.15, -0.1) is 0 Å². The Morgan fingerprint density at radius 1 is 1.32 bits per heavy atom. The molecule has 0 aliphatic carbocycles. The summed E-state index contributed by atoms with van der Waals surface area (Å²) in [6.45, 7) is 1.47. The first kappa shape index (κ1) is 17.6. The molecule has 0 spiro atoms. The van der Waals surface area contributed by atoms with Crippen molar-refractivity contribution in [2.75, 3.05) is 16.4 Å². The monoisotopic (exact) mass is 377 g/mol. The number of hydrogen-bond acceptors (Lipinski definition) is 6. The van der Waals surface area contributed by atoms with Crippen LogP contribution in [0.15, 0.2) is 29.3 Å². The maximum atomic E-state index is 12.0. The number of fused-ring (bicyclic) bond motifs is 1. The lowest BCUT2D eigenvalue weighted by Crippen LogP contribution is -2.37. The van der Waals surface area contributed by atoms with Crippen LogP contribution in [-0.4, -0.2) is 48.1 Å². The Kier molecular flexibility index (Phi) is 4.67. The first-order valence-electron chi connectivity index (χ1n) is 7.56. The molecule has 1 amide bonds. The van der Waals surface area contributed by atoms with Gasteiger partial charge in [0.15, 0.2) is 20.8 Å². The molecule has 0 saturated carbocycles. The Balaban J connectivity index is 1.99. The maximum absolute atomic E-state index is 12.0. The SMILES string of the molecule is CC(=O)c1ccc(N2C(=NC(=O)CC#N)SC3CS(=O)(=O)CC32)cc1. The van der Waals surface area contributed by atoms with Crippen molar-refractivity contribution in [2.45, 2.75) is 24.6 Å². The molecule has 2 aliphatic heterocycles. The van der Waals surface area contributed by atoms with Crippen molar-refractivity contribution in [3.63, 3.8) is 0 Å². The molecular formula is C16H15N3O4S2. The van der Waals surface area contributed by atoms with E-state index in [4.69, 9.17) is 5.26 Å². The number of amides is 1. The average molecular weight is 377 g/mol. The summed E-state index contributed by atoms with van der Waals surface area (Å²) in [7, 11) is -3.14. The molecule has 1 aromatic carbocycles. The Morgan fingerprint density at radius 3 is 2.60 bits per heavy atom. The van der Waals surface area contributed by atoms with Crippen molar-refractivity contribution in [1.82, 2.24) is 0 Å². The van der Waals surface area contributed by atoms with Crippen molar-refractivity contribution in [1.29, 1.82) is 5.26 Å². The number of amidine groups is 1. The Labute approximate surface area is 149 Å². The van der Waals surface area contributed by atoms with Gasteiger partial charge in [-0.2, -0.15) is 10.3 Å². The number of carbonyl (C=O) groups excluding carboxylic acids is 2. The van der Waals surface area contributed by atoms with Gasteiger partial charge in [0, 0.05) is 16.5 Å². The zero-order chi connectivity index (χ0) is 18.2. The number of nitriles is 1. The van der Waals surface area contributed by atoms with Crippen molar-refractivity contribution in [2.24, 2.45) is 4.99 Å². The van der Waals surface area contributed by atoms with Crippen LogP contribution in [-0.2, 0) is 14.6 Å². The van der Waals surface area contributed by atoms with Crippen LogP contribution < -0.4 is 4.90 Å². The third-order valence-electron chi connectivity index (χ3n) is 4.07. The summed E-state index contributed by atoms with van der Waals surface area (Å²) in [5.74, 6) is -0.597. The van der Waals surface area contributed by atoms with Crippen LogP contribution in [0.1, 0.15) is 23.7 Å². The highest BCUT2D eigenvalue weighted by Crippen LogP contribution is 2.41. The lowest BCUT2D eigenvalue weighted by atomic mass is 10.1. The number of ketones is 1. The molecule has 2 fully saturated rings. The van der Waals surface area contributed by atoms with E-state index in [1.807, 2.05) is 0 Å². The lowest BCUT2D eigenvalue weighted by Gasteiger charge is -2.24. The normalized spacial score (nSPS) is 25.6. The maximum Gasteiger partial charge on any atom is 0.262 e. The van der Waals surface area contributed by atoms with Gasteiger partial charge >= 0.3 is 0 Å². The number of aliphatic imine (C=N–C) groups is 1. The molecule has 9 heteroatoms. The van der Waals surface area contributed by atoms with Gasteiger partial charge in [0.05, 0.1) is 23.6 Å². The topological polar surface area (TPSA) is 108 Å². The minimum atomic E-state index is -3.14. The molecule has 130 valence electrons. The van der Waals surface area contributed by atoms with E-state index in [0.717, 1.165) is 0 Å². The molecule has 2 unspecified atom stereocenters. The second-order valence-corrected chi connectivity index (χ2v) is 9.26. The van der Waals surface area contributed by atoms with E-state index in [1.54, 1.807) is 35.2 Å². The van der Waals surface area contributed by atoms with E-state index in [0.29, 0.717) is 16.4 Å². The van der Waals surface area contributed by atoms with E-state index in [9.17, 15) is 18.0 Å². The smallest absolute Gasteiger partial charge is 0.262 e. The minimum Gasteiger partial charge on any atom is -0.316 e. The van der Waals surface area contributed by atoms with Gasteiger partial charge in [0.2, 0.25) is 0 Å². The molecule has 0 aromatic heterocycles. The van der Waals surface area contributed by atoms with E-state index >= 15 is 0 Å². The fourth-order valence-corrected chi connectivity index (χ4v) is 6.87. The number of sulfone groups is 1. The second-order valence-electron chi connectivity index (χ2n) is 5.90. The summed E-state index contributed by atoms with van der Waals surface area (Å²) >= 11 is 1.25. The van der Waals surface area contributed by atoms with Crippen molar-refractivity contribution >= 4 is 44.1 Å². The summed E-state index contributed by atoms with van der Waals surface area (Å²) in [5.41, 5.74) is 1.22. The van der Waals surface area contributed by atoms with Crippen LogP contribution >= 0.6 is 11.8 Å². The fourth-order valence-electron chi connectivity index (χ4n) is 2.94. The number of benzene rings is 1. The first-order chi connectivity index (χ1) is 11.8. The highest BCUT2D eigenvalue weighted by Gasteiger charge is 2.49. The van der Waals surface area contributed by atoms with Gasteiger partial charge in [0.25, 0.3) is 5.91 Å². The number of rotatable bonds is 3. The van der Waals surface area contributed by atoms with Crippen molar-refractivity contribution < 1.29 is 18.0 Å². The second kappa shape index (κ2) is 6.61. The molecular weight excluding hydrogens is 362 g/mol. The largest absolute Gasteiger partial charge is 0.316 e. The van der Waals surface area contributed by atoms with Gasteiger partial charge < -0.3 is 4.90 Å². The van der Waals surface area contributed by atoms with Gasteiger partial charge in [0.1, 0.15) is 6.42 Å². The molecule has 1 aromatic rings. The van der Waals surface area contributed by atoms with Crippen LogP contribution in [0.2, 0.25) is 0 Å². The Morgan fingerprint density at radius 2 is 2.00 bits per heavy atom. The minimum absolute atomic E-state index is 0.00934. The van der Waals surface area contributed by atoms with Crippen molar-refractivity contribution in [3.05, 3.63) is 29.8 Å². The molecule has 0 N–H and O–H groups in total. The van der Waals surface area contributed by atoms with Crippen LogP contribution in [0.5, 0.6) is 0 Å². The van der Waals surface area contributed by atoms with Crippen LogP contribution in [0.3, 0.4) is 0 Å². The van der Waals surface area contributed by atoms with Gasteiger partial charge in [-0.1, -0.05) is 11.8 Å². The molecule has 2 saturated heterocycles. The van der Waals surface area contributed by atoms with Gasteiger partial charge in [-0.3, -0.25) is 9.59 Å². The van der Waals surface area contributed by atoms with Crippen LogP contribution in [0, 0.1) is 11.3 Å². The fraction of sp³-hybridized carbons (Fsp3) is 0.375. The Bertz CT molecular complexity index is 900. The quantitative estimate of drug-likeness (QED) is 0.733. The van der Waals surface area contributed by atoms with Gasteiger partial charge in [-0.05, 0) is 31.2 Å². The van der Waals surface area contributed by atoms with Crippen molar-refractivity contribution in [3.8, 4) is 6.07 Å². The first-order valence-corrected chi connectivity index (χ1v) is 10.3. The summed E-state index contributed by atoms with van der Waals surface area (Å²) in [5, 5.41) is 8.84. The number of nitrogens with zero attached hydrogens (tertiary/aromatic N) is 3. The summed E-state index contributed by atoms with van der Waals surface area (Å²) < 4.78 is 23.9. The standard InChI is InChI=1S/C16H15N3O4S2/c1-10(20)11-2-4-12(5-3-11)19-13-8-25(22,23)9-14(13)24-16(19)18-15(21)6-7-17/h2-5,13-14H,6,8-9H2,1H3. The van der Waals surface area contributed by atoms with E-state index in [1.165, 1.54) is 18.7 Å². The van der Waals surface area contributed by atoms with Gasteiger partial charge in [-0.25, -0.2) is 8.42 Å². The molecule has 7 nitrogen and oxygen atoms in total. The predicted octanol–water partition coefficient (Wildman–Crippen LogP) is 1.40. The van der Waals surface area contributed by atoms with Crippen LogP contribution in [0.4, 0.5) is 5.69 Å². The number of thioether (sulfide) groups is 1. The van der Waals surface area contributed by atoms with E-state index < -0.39 is 15.7 Å². The molecule has 0 radical (unpaired) electrons. The predicted molar refractivity (Wildman–Crippen MR) is 95.4 cm³/mol. The summed E-state index contributed by atoms with van der Waals surface area (Å²) in [4.78, 5) is 28.9. The highest BCUT2D eigenvalue weighted by molar-refractivity contribution is 8.16. The lowest BCUT2D eigenvalue weighted by molar-refractivity contribution is -0.116. The molecule has 25 heavy (non-hydrogen) atoms. The van der Waals surface area contributed by atoms with E-state index in [2.05, 4.69) is 4.99 Å². The number of anilines is 1. The number of hydrogen-bond donors (Lipinski definition) is 0. The molecule has 3 rings (SSSR count). The molecule has 2 aliphatic rings. The molecule has 0 bridgehead atoms. The number of Topliss-reactive ketones (excluding diaryl/α,β-unsaturated/α-hetero) is 1. The highest BCUT2D eigenvalue weighted by atomic mass is 32.2. The van der Waals surface area contributed by atoms with E-state index in [-0.39, 0.29) is 35.0 Å². The zero-order valence-corrected chi connectivity index (χ0v) is 15.0. The molecule has 2 atom stereocenters. The summed E-state index contributed by atoms with van der Waals surface area (Å²) in [6, 6.07) is 8.20.